The number of aryl methyl sites for hydroxylation is 1. The molecule has 0 saturated carbocycles. The Morgan fingerprint density at radius 3 is 2.90 bits per heavy atom. The van der Waals surface area contributed by atoms with E-state index in [0.29, 0.717) is 21.8 Å². The zero-order valence-electron chi connectivity index (χ0n) is 11.0. The smallest absolute Gasteiger partial charge is 0.229 e. The maximum atomic E-state index is 12.0. The summed E-state index contributed by atoms with van der Waals surface area (Å²) in [6, 6.07) is 5.42. The molecule has 2 rings (SSSR count). The summed E-state index contributed by atoms with van der Waals surface area (Å²) >= 11 is 9.86. The number of nitrogens with one attached hydrogen (secondary N) is 2. The SMILES string of the molecule is COc1cc(NC(=O)Cc2sc(=S)[nH]c2C)ccc1Br. The molecule has 0 saturated heterocycles. The summed E-state index contributed by atoms with van der Waals surface area (Å²) in [6.07, 6.45) is 0.308. The quantitative estimate of drug-likeness (QED) is 0.795. The summed E-state index contributed by atoms with van der Waals surface area (Å²) in [4.78, 5) is 16.0. The minimum Gasteiger partial charge on any atom is -0.495 e. The van der Waals surface area contributed by atoms with E-state index in [1.165, 1.54) is 11.3 Å². The number of benzene rings is 1. The number of rotatable bonds is 4. The van der Waals surface area contributed by atoms with Crippen molar-refractivity contribution in [3.05, 3.63) is 37.2 Å². The first-order valence-electron chi connectivity index (χ1n) is 5.81. The van der Waals surface area contributed by atoms with Crippen LogP contribution in [0.4, 0.5) is 5.69 Å². The number of amides is 1. The molecule has 0 aliphatic rings. The largest absolute Gasteiger partial charge is 0.495 e. The maximum absolute atomic E-state index is 12.0. The Morgan fingerprint density at radius 1 is 1.55 bits per heavy atom. The number of carbonyl (C=O) groups excluding carboxylic acids is 1. The lowest BCUT2D eigenvalue weighted by atomic mass is 10.2. The summed E-state index contributed by atoms with van der Waals surface area (Å²) in [5.41, 5.74) is 1.65. The zero-order chi connectivity index (χ0) is 14.7. The number of aromatic amines is 1. The van der Waals surface area contributed by atoms with Crippen LogP contribution in [0, 0.1) is 10.9 Å². The van der Waals surface area contributed by atoms with Crippen molar-refractivity contribution < 1.29 is 9.53 Å². The number of carbonyl (C=O) groups is 1. The van der Waals surface area contributed by atoms with Gasteiger partial charge in [0.25, 0.3) is 0 Å². The molecule has 2 aromatic rings. The van der Waals surface area contributed by atoms with Gasteiger partial charge in [0.1, 0.15) is 5.75 Å². The molecule has 1 aromatic carbocycles. The Labute approximate surface area is 134 Å². The lowest BCUT2D eigenvalue weighted by Gasteiger charge is -2.08. The molecule has 0 fully saturated rings. The van der Waals surface area contributed by atoms with Crippen LogP contribution in [0.25, 0.3) is 0 Å². The fourth-order valence-electron chi connectivity index (χ4n) is 1.69. The van der Waals surface area contributed by atoms with E-state index in [4.69, 9.17) is 17.0 Å². The first kappa shape index (κ1) is 15.2. The van der Waals surface area contributed by atoms with Crippen molar-refractivity contribution in [2.24, 2.45) is 0 Å². The summed E-state index contributed by atoms with van der Waals surface area (Å²) in [6.45, 7) is 1.91. The Kier molecular flexibility index (Phi) is 4.95. The van der Waals surface area contributed by atoms with E-state index in [9.17, 15) is 4.79 Å². The van der Waals surface area contributed by atoms with Crippen LogP contribution in [-0.2, 0) is 11.2 Å². The highest BCUT2D eigenvalue weighted by Crippen LogP contribution is 2.28. The molecule has 0 aliphatic carbocycles. The van der Waals surface area contributed by atoms with Gasteiger partial charge in [-0.05, 0) is 47.2 Å². The third kappa shape index (κ3) is 3.68. The van der Waals surface area contributed by atoms with Crippen LogP contribution in [-0.4, -0.2) is 18.0 Å². The number of halogens is 1. The van der Waals surface area contributed by atoms with Crippen LogP contribution < -0.4 is 10.1 Å². The lowest BCUT2D eigenvalue weighted by Crippen LogP contribution is -2.14. The second-order valence-corrected chi connectivity index (χ2v) is 6.76. The minimum atomic E-state index is -0.0808. The average molecular weight is 373 g/mol. The molecule has 0 spiro atoms. The van der Waals surface area contributed by atoms with Gasteiger partial charge in [-0.3, -0.25) is 4.79 Å². The zero-order valence-corrected chi connectivity index (χ0v) is 14.2. The number of methoxy groups -OCH3 is 1. The fraction of sp³-hybridized carbons (Fsp3) is 0.231. The van der Waals surface area contributed by atoms with Crippen molar-refractivity contribution >= 4 is 51.1 Å². The first-order valence-corrected chi connectivity index (χ1v) is 7.83. The van der Waals surface area contributed by atoms with E-state index in [2.05, 4.69) is 26.2 Å². The first-order chi connectivity index (χ1) is 9.49. The van der Waals surface area contributed by atoms with Crippen LogP contribution >= 0.6 is 39.5 Å². The normalized spacial score (nSPS) is 10.3. The van der Waals surface area contributed by atoms with Gasteiger partial charge in [-0.15, -0.1) is 11.3 Å². The topological polar surface area (TPSA) is 54.1 Å². The molecule has 1 aromatic heterocycles. The lowest BCUT2D eigenvalue weighted by molar-refractivity contribution is -0.115. The molecule has 2 N–H and O–H groups in total. The van der Waals surface area contributed by atoms with E-state index >= 15 is 0 Å². The fourth-order valence-corrected chi connectivity index (χ4v) is 3.39. The summed E-state index contributed by atoms with van der Waals surface area (Å²) in [5.74, 6) is 0.596. The minimum absolute atomic E-state index is 0.0808. The van der Waals surface area contributed by atoms with Gasteiger partial charge in [-0.1, -0.05) is 0 Å². The Balaban J connectivity index is 2.08. The van der Waals surface area contributed by atoms with Crippen molar-refractivity contribution in [1.29, 1.82) is 0 Å². The molecule has 7 heteroatoms. The van der Waals surface area contributed by atoms with Gasteiger partial charge in [0.05, 0.1) is 18.0 Å². The molecule has 0 atom stereocenters. The summed E-state index contributed by atoms with van der Waals surface area (Å²) in [5, 5.41) is 2.85. The Hall–Kier alpha value is -1.18. The maximum Gasteiger partial charge on any atom is 0.229 e. The van der Waals surface area contributed by atoms with Crippen LogP contribution in [0.1, 0.15) is 10.6 Å². The molecule has 1 amide bonds. The molecule has 0 radical (unpaired) electrons. The second-order valence-electron chi connectivity index (χ2n) is 4.14. The molecular weight excluding hydrogens is 360 g/mol. The number of aromatic nitrogens is 1. The average Bonchev–Trinajstić information content (AvgIpc) is 2.70. The number of H-pyrrole nitrogens is 1. The van der Waals surface area contributed by atoms with E-state index in [-0.39, 0.29) is 5.91 Å². The van der Waals surface area contributed by atoms with Gasteiger partial charge in [0.15, 0.2) is 3.95 Å². The third-order valence-electron chi connectivity index (χ3n) is 2.68. The van der Waals surface area contributed by atoms with Gasteiger partial charge in [-0.2, -0.15) is 0 Å². The molecule has 0 aliphatic heterocycles. The molecule has 20 heavy (non-hydrogen) atoms. The van der Waals surface area contributed by atoms with Crippen molar-refractivity contribution in [3.8, 4) is 5.75 Å². The Morgan fingerprint density at radius 2 is 2.30 bits per heavy atom. The number of hydrogen-bond acceptors (Lipinski definition) is 4. The van der Waals surface area contributed by atoms with Gasteiger partial charge in [0, 0.05) is 22.3 Å². The predicted molar refractivity (Wildman–Crippen MR) is 87.3 cm³/mol. The van der Waals surface area contributed by atoms with Crippen LogP contribution in [0.3, 0.4) is 0 Å². The molecule has 0 unspecified atom stereocenters. The van der Waals surface area contributed by atoms with Crippen molar-refractivity contribution in [2.75, 3.05) is 12.4 Å². The molecule has 4 nitrogen and oxygen atoms in total. The standard InChI is InChI=1S/C13H13BrN2O2S2/c1-7-11(20-13(19)15-7)6-12(17)16-8-3-4-9(14)10(5-8)18-2/h3-5H,6H2,1-2H3,(H,15,19)(H,16,17). The highest BCUT2D eigenvalue weighted by Gasteiger charge is 2.10. The van der Waals surface area contributed by atoms with Gasteiger partial charge >= 0.3 is 0 Å². The molecular formula is C13H13BrN2O2S2. The second kappa shape index (κ2) is 6.51. The molecule has 0 bridgehead atoms. The van der Waals surface area contributed by atoms with Gasteiger partial charge in [0.2, 0.25) is 5.91 Å². The van der Waals surface area contributed by atoms with E-state index < -0.39 is 0 Å². The Bertz CT molecular complexity index is 694. The molecule has 1 heterocycles. The number of hydrogen-bond donors (Lipinski definition) is 2. The highest BCUT2D eigenvalue weighted by molar-refractivity contribution is 9.10. The van der Waals surface area contributed by atoms with Crippen molar-refractivity contribution in [3.63, 3.8) is 0 Å². The summed E-state index contributed by atoms with van der Waals surface area (Å²) < 4.78 is 6.73. The predicted octanol–water partition coefficient (Wildman–Crippen LogP) is 4.07. The number of thiazole rings is 1. The third-order valence-corrected chi connectivity index (χ3v) is 4.67. The van der Waals surface area contributed by atoms with Crippen LogP contribution in [0.5, 0.6) is 5.75 Å². The highest BCUT2D eigenvalue weighted by atomic mass is 79.9. The summed E-state index contributed by atoms with van der Waals surface area (Å²) in [7, 11) is 1.58. The van der Waals surface area contributed by atoms with Crippen molar-refractivity contribution in [2.45, 2.75) is 13.3 Å². The number of anilines is 1. The molecule has 106 valence electrons. The van der Waals surface area contributed by atoms with Crippen molar-refractivity contribution in [1.82, 2.24) is 4.98 Å². The monoisotopic (exact) mass is 372 g/mol. The van der Waals surface area contributed by atoms with E-state index in [1.807, 2.05) is 19.1 Å². The van der Waals surface area contributed by atoms with Gasteiger partial charge in [-0.25, -0.2) is 0 Å². The van der Waals surface area contributed by atoms with Gasteiger partial charge < -0.3 is 15.0 Å². The van der Waals surface area contributed by atoms with Crippen LogP contribution in [0.15, 0.2) is 22.7 Å². The number of ether oxygens (including phenoxy) is 1. The van der Waals surface area contributed by atoms with E-state index in [0.717, 1.165) is 15.0 Å². The van der Waals surface area contributed by atoms with Crippen LogP contribution in [0.2, 0.25) is 0 Å². The van der Waals surface area contributed by atoms with E-state index in [1.54, 1.807) is 13.2 Å².